The van der Waals surface area contributed by atoms with Crippen molar-refractivity contribution < 1.29 is 12.9 Å². The number of anilines is 1. The normalized spacial score (nSPS) is 11.4. The average molecular weight is 297 g/mol. The predicted molar refractivity (Wildman–Crippen MR) is 71.3 cm³/mol. The summed E-state index contributed by atoms with van der Waals surface area (Å²) in [6.45, 7) is 2.79. The van der Waals surface area contributed by atoms with Gasteiger partial charge in [0, 0.05) is 12.7 Å². The van der Waals surface area contributed by atoms with Crippen LogP contribution in [0.1, 0.15) is 19.2 Å². The standard InChI is InChI=1S/C11H15N5O3S/c1-2-5-12-10-4-3-9(6-13-10)20(17,18)15-7-11-14-8-19-16-11/h3-4,6,8,15H,2,5,7H2,1H3,(H,12,13). The number of nitrogens with zero attached hydrogens (tertiary/aromatic N) is 3. The molecule has 0 unspecified atom stereocenters. The lowest BCUT2D eigenvalue weighted by atomic mass is 10.4. The number of hydrogen-bond acceptors (Lipinski definition) is 7. The van der Waals surface area contributed by atoms with E-state index in [4.69, 9.17) is 0 Å². The minimum atomic E-state index is -3.64. The predicted octanol–water partition coefficient (Wildman–Crippen LogP) is 0.765. The van der Waals surface area contributed by atoms with Gasteiger partial charge in [-0.1, -0.05) is 12.1 Å². The van der Waals surface area contributed by atoms with E-state index < -0.39 is 10.0 Å². The summed E-state index contributed by atoms with van der Waals surface area (Å²) in [6, 6.07) is 3.11. The van der Waals surface area contributed by atoms with Crippen molar-refractivity contribution in [1.29, 1.82) is 0 Å². The molecule has 0 aliphatic carbocycles. The minimum Gasteiger partial charge on any atom is -0.370 e. The number of pyridine rings is 1. The monoisotopic (exact) mass is 297 g/mol. The number of nitrogens with one attached hydrogen (secondary N) is 2. The van der Waals surface area contributed by atoms with Gasteiger partial charge in [-0.25, -0.2) is 18.1 Å². The second kappa shape index (κ2) is 6.44. The first kappa shape index (κ1) is 14.4. The third-order valence-electron chi connectivity index (χ3n) is 2.43. The quantitative estimate of drug-likeness (QED) is 0.776. The highest BCUT2D eigenvalue weighted by Crippen LogP contribution is 2.10. The summed E-state index contributed by atoms with van der Waals surface area (Å²) in [7, 11) is -3.64. The van der Waals surface area contributed by atoms with E-state index in [1.165, 1.54) is 12.3 Å². The van der Waals surface area contributed by atoms with Gasteiger partial charge in [-0.15, -0.1) is 0 Å². The summed E-state index contributed by atoms with van der Waals surface area (Å²) >= 11 is 0. The molecular weight excluding hydrogens is 282 g/mol. The van der Waals surface area contributed by atoms with Crippen LogP contribution in [0.25, 0.3) is 0 Å². The van der Waals surface area contributed by atoms with Crippen molar-refractivity contribution in [3.8, 4) is 0 Å². The van der Waals surface area contributed by atoms with E-state index in [9.17, 15) is 8.42 Å². The molecule has 2 rings (SSSR count). The number of rotatable bonds is 7. The topological polar surface area (TPSA) is 110 Å². The van der Waals surface area contributed by atoms with Gasteiger partial charge in [0.25, 0.3) is 0 Å². The zero-order chi connectivity index (χ0) is 14.4. The van der Waals surface area contributed by atoms with Gasteiger partial charge < -0.3 is 9.84 Å². The van der Waals surface area contributed by atoms with E-state index in [1.807, 2.05) is 6.92 Å². The SMILES string of the molecule is CCCNc1ccc(S(=O)(=O)NCc2ncon2)cn1. The van der Waals surface area contributed by atoms with E-state index in [0.29, 0.717) is 5.82 Å². The maximum absolute atomic E-state index is 12.0. The molecule has 0 aromatic carbocycles. The van der Waals surface area contributed by atoms with E-state index >= 15 is 0 Å². The summed E-state index contributed by atoms with van der Waals surface area (Å²) in [4.78, 5) is 7.86. The van der Waals surface area contributed by atoms with Crippen LogP contribution in [0.5, 0.6) is 0 Å². The van der Waals surface area contributed by atoms with Crippen molar-refractivity contribution >= 4 is 15.8 Å². The fourth-order valence-corrected chi connectivity index (χ4v) is 2.33. The lowest BCUT2D eigenvalue weighted by molar-refractivity contribution is 0.409. The molecule has 0 spiro atoms. The third-order valence-corrected chi connectivity index (χ3v) is 3.82. The average Bonchev–Trinajstić information content (AvgIpc) is 2.97. The maximum atomic E-state index is 12.0. The minimum absolute atomic E-state index is 0.0331. The molecule has 108 valence electrons. The van der Waals surface area contributed by atoms with Gasteiger partial charge in [0.1, 0.15) is 10.7 Å². The Balaban J connectivity index is 2.01. The summed E-state index contributed by atoms with van der Waals surface area (Å²) in [5, 5.41) is 6.59. The zero-order valence-electron chi connectivity index (χ0n) is 10.9. The van der Waals surface area contributed by atoms with Crippen molar-refractivity contribution in [2.75, 3.05) is 11.9 Å². The van der Waals surface area contributed by atoms with Crippen LogP contribution in [-0.2, 0) is 16.6 Å². The van der Waals surface area contributed by atoms with Crippen molar-refractivity contribution in [1.82, 2.24) is 19.8 Å². The fraction of sp³-hybridized carbons (Fsp3) is 0.364. The summed E-state index contributed by atoms with van der Waals surface area (Å²) in [6.07, 6.45) is 3.41. The van der Waals surface area contributed by atoms with E-state index in [1.54, 1.807) is 6.07 Å². The first-order valence-electron chi connectivity index (χ1n) is 6.06. The highest BCUT2D eigenvalue weighted by atomic mass is 32.2. The molecule has 2 aromatic heterocycles. The van der Waals surface area contributed by atoms with Gasteiger partial charge in [0.05, 0.1) is 6.54 Å². The molecule has 20 heavy (non-hydrogen) atoms. The third kappa shape index (κ3) is 3.75. The lowest BCUT2D eigenvalue weighted by Crippen LogP contribution is -2.24. The summed E-state index contributed by atoms with van der Waals surface area (Å²) < 4.78 is 30.9. The molecule has 0 amide bonds. The highest BCUT2D eigenvalue weighted by molar-refractivity contribution is 7.89. The maximum Gasteiger partial charge on any atom is 0.242 e. The molecule has 9 heteroatoms. The highest BCUT2D eigenvalue weighted by Gasteiger charge is 2.15. The van der Waals surface area contributed by atoms with Crippen molar-refractivity contribution in [3.63, 3.8) is 0 Å². The van der Waals surface area contributed by atoms with Gasteiger partial charge in [0.15, 0.2) is 5.82 Å². The van der Waals surface area contributed by atoms with Gasteiger partial charge in [-0.05, 0) is 18.6 Å². The van der Waals surface area contributed by atoms with Crippen LogP contribution >= 0.6 is 0 Å². The Hall–Kier alpha value is -2.00. The Morgan fingerprint density at radius 1 is 1.30 bits per heavy atom. The Morgan fingerprint density at radius 2 is 2.15 bits per heavy atom. The molecule has 0 fully saturated rings. The summed E-state index contributed by atoms with van der Waals surface area (Å²) in [5.41, 5.74) is 0. The number of hydrogen-bond donors (Lipinski definition) is 2. The van der Waals surface area contributed by atoms with E-state index in [0.717, 1.165) is 19.4 Å². The molecule has 2 heterocycles. The zero-order valence-corrected chi connectivity index (χ0v) is 11.7. The Labute approximate surface area is 116 Å². The number of sulfonamides is 1. The van der Waals surface area contributed by atoms with E-state index in [2.05, 4.69) is 29.7 Å². The Kier molecular flexibility index (Phi) is 4.64. The van der Waals surface area contributed by atoms with E-state index in [-0.39, 0.29) is 17.3 Å². The molecular formula is C11H15N5O3S. The van der Waals surface area contributed by atoms with Gasteiger partial charge in [0.2, 0.25) is 16.4 Å². The lowest BCUT2D eigenvalue weighted by Gasteiger charge is -2.06. The van der Waals surface area contributed by atoms with Crippen LogP contribution in [0.4, 0.5) is 5.82 Å². The molecule has 0 bridgehead atoms. The molecule has 2 N–H and O–H groups in total. The summed E-state index contributed by atoms with van der Waals surface area (Å²) in [5.74, 6) is 0.909. The van der Waals surface area contributed by atoms with Gasteiger partial charge in [-0.3, -0.25) is 0 Å². The van der Waals surface area contributed by atoms with Crippen LogP contribution in [-0.4, -0.2) is 30.1 Å². The molecule has 0 aliphatic heterocycles. The van der Waals surface area contributed by atoms with Gasteiger partial charge >= 0.3 is 0 Å². The molecule has 0 aliphatic rings. The fourth-order valence-electron chi connectivity index (χ4n) is 1.41. The van der Waals surface area contributed by atoms with Crippen LogP contribution in [0, 0.1) is 0 Å². The number of aromatic nitrogens is 3. The first-order chi connectivity index (χ1) is 9.62. The van der Waals surface area contributed by atoms with Crippen LogP contribution in [0.15, 0.2) is 34.1 Å². The second-order valence-electron chi connectivity index (χ2n) is 3.98. The van der Waals surface area contributed by atoms with Gasteiger partial charge in [-0.2, -0.15) is 4.98 Å². The first-order valence-corrected chi connectivity index (χ1v) is 7.55. The van der Waals surface area contributed by atoms with Crippen molar-refractivity contribution in [2.24, 2.45) is 0 Å². The Morgan fingerprint density at radius 3 is 2.75 bits per heavy atom. The Bertz CT molecular complexity index is 625. The van der Waals surface area contributed by atoms with Crippen molar-refractivity contribution in [2.45, 2.75) is 24.8 Å². The second-order valence-corrected chi connectivity index (χ2v) is 5.74. The van der Waals surface area contributed by atoms with Crippen LogP contribution in [0.3, 0.4) is 0 Å². The van der Waals surface area contributed by atoms with Crippen LogP contribution < -0.4 is 10.0 Å². The molecule has 0 saturated heterocycles. The molecule has 0 saturated carbocycles. The molecule has 0 radical (unpaired) electrons. The largest absolute Gasteiger partial charge is 0.370 e. The molecule has 8 nitrogen and oxygen atoms in total. The van der Waals surface area contributed by atoms with Crippen molar-refractivity contribution in [3.05, 3.63) is 30.5 Å². The molecule has 0 atom stereocenters. The smallest absolute Gasteiger partial charge is 0.242 e. The molecule has 2 aromatic rings. The van der Waals surface area contributed by atoms with Crippen LogP contribution in [0.2, 0.25) is 0 Å².